The van der Waals surface area contributed by atoms with Gasteiger partial charge < -0.3 is 15.6 Å². The van der Waals surface area contributed by atoms with Crippen LogP contribution < -0.4 is 10.8 Å². The van der Waals surface area contributed by atoms with Crippen molar-refractivity contribution in [3.63, 3.8) is 0 Å². The maximum atomic E-state index is 10.3. The van der Waals surface area contributed by atoms with E-state index < -0.39 is 12.0 Å². The first kappa shape index (κ1) is 8.23. The molecule has 11 heavy (non-hydrogen) atoms. The molecule has 0 saturated heterocycles. The zero-order valence-corrected chi connectivity index (χ0v) is 6.98. The monoisotopic (exact) mass is 171 g/mol. The highest BCUT2D eigenvalue weighted by Gasteiger charge is 2.11. The topological polar surface area (TPSA) is 67.8 Å². The van der Waals surface area contributed by atoms with E-state index in [9.17, 15) is 9.90 Å². The molecular weight excluding hydrogens is 162 g/mol. The fraction of sp³-hybridized carbons (Fsp3) is 0.286. The van der Waals surface area contributed by atoms with E-state index in [0.717, 1.165) is 9.75 Å². The van der Waals surface area contributed by atoms with Crippen LogP contribution in [0.2, 0.25) is 0 Å². The molecule has 0 aliphatic carbocycles. The Hall–Kier alpha value is -0.870. The molecule has 1 heterocycles. The third kappa shape index (κ3) is 1.78. The zero-order chi connectivity index (χ0) is 8.43. The summed E-state index contributed by atoms with van der Waals surface area (Å²) < 4.78 is 0. The van der Waals surface area contributed by atoms with Crippen LogP contribution in [0.4, 0.5) is 0 Å². The molecule has 0 aliphatic rings. The van der Waals surface area contributed by atoms with Gasteiger partial charge in [-0.15, -0.1) is 11.3 Å². The Morgan fingerprint density at radius 2 is 2.36 bits per heavy atom. The predicted molar refractivity (Wildman–Crippen MR) is 39.7 cm³/mol. The van der Waals surface area contributed by atoms with E-state index >= 15 is 0 Å². The summed E-state index contributed by atoms with van der Waals surface area (Å²) in [5.74, 6) is -1.12. The second-order valence-corrected chi connectivity index (χ2v) is 3.64. The number of rotatable bonds is 2. The first-order chi connectivity index (χ1) is 5.11. The van der Waals surface area contributed by atoms with Crippen LogP contribution in [0.3, 0.4) is 0 Å². The van der Waals surface area contributed by atoms with Crippen LogP contribution in [0.5, 0.6) is 0 Å². The Morgan fingerprint density at radius 1 is 1.73 bits per heavy atom. The zero-order valence-electron chi connectivity index (χ0n) is 6.16. The first-order valence-electron chi connectivity index (χ1n) is 3.21. The van der Waals surface area contributed by atoms with Gasteiger partial charge in [-0.05, 0) is 19.1 Å². The van der Waals surface area contributed by atoms with Gasteiger partial charge in [-0.25, -0.2) is 0 Å². The van der Waals surface area contributed by atoms with Crippen molar-refractivity contribution in [3.8, 4) is 0 Å². The average molecular weight is 171 g/mol. The summed E-state index contributed by atoms with van der Waals surface area (Å²) in [4.78, 5) is 12.2. The second kappa shape index (κ2) is 3.02. The maximum Gasteiger partial charge on any atom is 0.159 e. The molecule has 0 radical (unpaired) electrons. The van der Waals surface area contributed by atoms with Crippen molar-refractivity contribution in [2.75, 3.05) is 0 Å². The van der Waals surface area contributed by atoms with E-state index in [2.05, 4.69) is 5.73 Å². The lowest BCUT2D eigenvalue weighted by atomic mass is 10.2. The predicted octanol–water partition coefficient (Wildman–Crippen LogP) is -0.911. The fourth-order valence-electron chi connectivity index (χ4n) is 0.757. The number of hydrogen-bond donors (Lipinski definition) is 1. The summed E-state index contributed by atoms with van der Waals surface area (Å²) in [6.45, 7) is 1.93. The molecule has 0 aliphatic heterocycles. The molecule has 3 N–H and O–H groups in total. The van der Waals surface area contributed by atoms with Gasteiger partial charge >= 0.3 is 0 Å². The number of quaternary nitrogens is 1. The van der Waals surface area contributed by atoms with Crippen LogP contribution in [-0.4, -0.2) is 5.97 Å². The van der Waals surface area contributed by atoms with Crippen molar-refractivity contribution in [1.82, 2.24) is 0 Å². The number of carbonyl (C=O) groups excluding carboxylic acids is 1. The number of hydrogen-bond acceptors (Lipinski definition) is 3. The molecule has 0 fully saturated rings. The van der Waals surface area contributed by atoms with Gasteiger partial charge in [0.15, 0.2) is 6.04 Å². The molecule has 1 rings (SSSR count). The normalized spacial score (nSPS) is 12.9. The van der Waals surface area contributed by atoms with Crippen LogP contribution in [0.15, 0.2) is 12.1 Å². The quantitative estimate of drug-likeness (QED) is 0.626. The van der Waals surface area contributed by atoms with Gasteiger partial charge in [0.05, 0.1) is 4.88 Å². The molecule has 3 nitrogen and oxygen atoms in total. The summed E-state index contributed by atoms with van der Waals surface area (Å²) in [5.41, 5.74) is 3.47. The highest BCUT2D eigenvalue weighted by atomic mass is 32.1. The van der Waals surface area contributed by atoms with Gasteiger partial charge in [0, 0.05) is 4.88 Å². The van der Waals surface area contributed by atoms with Crippen LogP contribution >= 0.6 is 11.3 Å². The number of carboxylic acid groups (broad SMARTS) is 1. The largest absolute Gasteiger partial charge is 0.544 e. The molecule has 0 aromatic carbocycles. The Morgan fingerprint density at radius 3 is 2.73 bits per heavy atom. The summed E-state index contributed by atoms with van der Waals surface area (Å²) in [6, 6.07) is 2.92. The first-order valence-corrected chi connectivity index (χ1v) is 4.03. The van der Waals surface area contributed by atoms with Crippen molar-refractivity contribution in [2.24, 2.45) is 0 Å². The average Bonchev–Trinajstić information content (AvgIpc) is 2.34. The number of thiophene rings is 1. The lowest BCUT2D eigenvalue weighted by molar-refractivity contribution is -0.442. The van der Waals surface area contributed by atoms with Crippen molar-refractivity contribution < 1.29 is 15.6 Å². The summed E-state index contributed by atoms with van der Waals surface area (Å²) >= 11 is 1.44. The molecule has 60 valence electrons. The standard InChI is InChI=1S/C7H9NO2S/c1-4-2-3-5(11-4)6(8)7(9)10/h2-3,6H,8H2,1H3,(H,9,10)/t6-/m0/s1. The van der Waals surface area contributed by atoms with E-state index in [1.807, 2.05) is 13.0 Å². The van der Waals surface area contributed by atoms with Crippen molar-refractivity contribution >= 4 is 17.3 Å². The Balaban J connectivity index is 2.84. The Bertz CT molecular complexity index is 269. The van der Waals surface area contributed by atoms with Crippen LogP contribution in [0.25, 0.3) is 0 Å². The molecule has 0 spiro atoms. The van der Waals surface area contributed by atoms with Gasteiger partial charge in [-0.2, -0.15) is 0 Å². The number of aliphatic carboxylic acids is 1. The van der Waals surface area contributed by atoms with Crippen LogP contribution in [-0.2, 0) is 4.79 Å². The third-order valence-electron chi connectivity index (χ3n) is 1.39. The minimum Gasteiger partial charge on any atom is -0.544 e. The van der Waals surface area contributed by atoms with Gasteiger partial charge in [0.2, 0.25) is 0 Å². The Kier molecular flexibility index (Phi) is 2.26. The molecule has 1 aromatic heterocycles. The maximum absolute atomic E-state index is 10.3. The van der Waals surface area contributed by atoms with E-state index in [4.69, 9.17) is 0 Å². The number of aryl methyl sites for hydroxylation is 1. The molecule has 1 atom stereocenters. The molecule has 0 bridgehead atoms. The lowest BCUT2D eigenvalue weighted by Gasteiger charge is -2.05. The van der Waals surface area contributed by atoms with E-state index in [-0.39, 0.29) is 0 Å². The third-order valence-corrected chi connectivity index (χ3v) is 2.50. The summed E-state index contributed by atoms with van der Waals surface area (Å²) in [7, 11) is 0. The van der Waals surface area contributed by atoms with Gasteiger partial charge in [-0.3, -0.25) is 0 Å². The van der Waals surface area contributed by atoms with Gasteiger partial charge in [0.25, 0.3) is 0 Å². The summed E-state index contributed by atoms with van der Waals surface area (Å²) in [5, 5.41) is 10.3. The minimum atomic E-state index is -1.12. The van der Waals surface area contributed by atoms with Gasteiger partial charge in [-0.1, -0.05) is 0 Å². The smallest absolute Gasteiger partial charge is 0.159 e. The van der Waals surface area contributed by atoms with E-state index in [1.165, 1.54) is 11.3 Å². The summed E-state index contributed by atoms with van der Waals surface area (Å²) in [6.07, 6.45) is 0. The molecule has 0 unspecified atom stereocenters. The second-order valence-electron chi connectivity index (χ2n) is 2.32. The minimum absolute atomic E-state index is 0.728. The van der Waals surface area contributed by atoms with Crippen LogP contribution in [0, 0.1) is 6.92 Å². The van der Waals surface area contributed by atoms with E-state index in [0.29, 0.717) is 0 Å². The SMILES string of the molecule is Cc1ccc([C@H]([NH3+])C(=O)[O-])s1. The highest BCUT2D eigenvalue weighted by Crippen LogP contribution is 2.19. The van der Waals surface area contributed by atoms with E-state index in [1.54, 1.807) is 6.07 Å². The van der Waals surface area contributed by atoms with Crippen molar-refractivity contribution in [2.45, 2.75) is 13.0 Å². The van der Waals surface area contributed by atoms with Gasteiger partial charge in [0.1, 0.15) is 5.97 Å². The fourth-order valence-corrected chi connectivity index (χ4v) is 1.64. The number of carboxylic acids is 1. The molecular formula is C7H9NO2S. The van der Waals surface area contributed by atoms with Crippen LogP contribution in [0.1, 0.15) is 15.8 Å². The number of carbonyl (C=O) groups is 1. The Labute approximate surface area is 68.5 Å². The molecule has 0 amide bonds. The van der Waals surface area contributed by atoms with Crippen molar-refractivity contribution in [1.29, 1.82) is 0 Å². The molecule has 4 heteroatoms. The molecule has 1 aromatic rings. The van der Waals surface area contributed by atoms with Crippen molar-refractivity contribution in [3.05, 3.63) is 21.9 Å². The lowest BCUT2D eigenvalue weighted by Crippen LogP contribution is -2.60. The molecule has 0 saturated carbocycles. The highest BCUT2D eigenvalue weighted by molar-refractivity contribution is 7.12.